The van der Waals surface area contributed by atoms with Crippen LogP contribution in [-0.2, 0) is 0 Å². The minimum Gasteiger partial charge on any atom is -0.508 e. The number of aromatic hydroxyl groups is 10. The zero-order chi connectivity index (χ0) is 46.9. The van der Waals surface area contributed by atoms with Crippen molar-refractivity contribution < 1.29 is 60.5 Å². The molecular formula is C56H42O12. The Balaban J connectivity index is 1.25. The van der Waals surface area contributed by atoms with Gasteiger partial charge in [-0.05, 0) is 117 Å². The zero-order valence-corrected chi connectivity index (χ0v) is 35.8. The first-order valence-electron chi connectivity index (χ1n) is 22.2. The molecule has 12 rings (SSSR count). The van der Waals surface area contributed by atoms with E-state index in [2.05, 4.69) is 0 Å². The van der Waals surface area contributed by atoms with E-state index >= 15 is 0 Å². The van der Waals surface area contributed by atoms with Gasteiger partial charge in [-0.25, -0.2) is 0 Å². The van der Waals surface area contributed by atoms with Crippen LogP contribution in [0.3, 0.4) is 0 Å². The van der Waals surface area contributed by atoms with E-state index < -0.39 is 47.7 Å². The molecule has 4 aliphatic rings. The molecule has 12 nitrogen and oxygen atoms in total. The fourth-order valence-corrected chi connectivity index (χ4v) is 12.0. The van der Waals surface area contributed by atoms with Crippen LogP contribution in [0.5, 0.6) is 69.0 Å². The van der Waals surface area contributed by atoms with E-state index in [4.69, 9.17) is 9.47 Å². The highest BCUT2D eigenvalue weighted by molar-refractivity contribution is 5.71. The number of hydrogen-bond acceptors (Lipinski definition) is 12. The number of benzene rings is 8. The largest absolute Gasteiger partial charge is 0.508 e. The van der Waals surface area contributed by atoms with Gasteiger partial charge in [0.1, 0.15) is 81.2 Å². The molecule has 8 atom stereocenters. The highest BCUT2D eigenvalue weighted by Gasteiger charge is 2.55. The molecule has 2 aliphatic heterocycles. The number of rotatable bonds is 5. The summed E-state index contributed by atoms with van der Waals surface area (Å²) >= 11 is 0. The lowest BCUT2D eigenvalue weighted by Crippen LogP contribution is -2.26. The molecule has 0 spiro atoms. The Morgan fingerprint density at radius 2 is 0.559 bits per heavy atom. The first kappa shape index (κ1) is 40.8. The van der Waals surface area contributed by atoms with Crippen molar-refractivity contribution in [3.05, 3.63) is 212 Å². The first-order valence-corrected chi connectivity index (χ1v) is 22.2. The van der Waals surface area contributed by atoms with E-state index in [9.17, 15) is 51.1 Å². The second-order valence-electron chi connectivity index (χ2n) is 18.2. The number of ether oxygens (including phenoxy) is 2. The average Bonchev–Trinajstić information content (AvgIpc) is 3.81. The summed E-state index contributed by atoms with van der Waals surface area (Å²) in [6, 6.07) is 38.4. The number of phenolic OH excluding ortho intramolecular Hbond substituents is 10. The molecule has 2 unspecified atom stereocenters. The quantitative estimate of drug-likeness (QED) is 0.0780. The summed E-state index contributed by atoms with van der Waals surface area (Å²) in [7, 11) is 0. The molecule has 0 saturated heterocycles. The van der Waals surface area contributed by atoms with Gasteiger partial charge >= 0.3 is 0 Å². The van der Waals surface area contributed by atoms with Gasteiger partial charge in [-0.3, -0.25) is 0 Å². The number of hydrogen-bond donors (Lipinski definition) is 10. The van der Waals surface area contributed by atoms with Gasteiger partial charge in [-0.15, -0.1) is 0 Å². The van der Waals surface area contributed by atoms with Crippen LogP contribution >= 0.6 is 0 Å². The summed E-state index contributed by atoms with van der Waals surface area (Å²) in [5.74, 6) is -5.69. The fourth-order valence-electron chi connectivity index (χ4n) is 12.0. The number of phenols is 10. The Bertz CT molecular complexity index is 3110. The van der Waals surface area contributed by atoms with Gasteiger partial charge in [-0.1, -0.05) is 48.5 Å². The van der Waals surface area contributed by atoms with E-state index in [1.165, 1.54) is 24.3 Å². The van der Waals surface area contributed by atoms with Crippen molar-refractivity contribution in [2.75, 3.05) is 0 Å². The topological polar surface area (TPSA) is 221 Å². The van der Waals surface area contributed by atoms with Gasteiger partial charge in [0.25, 0.3) is 0 Å². The Labute approximate surface area is 388 Å². The molecule has 2 heterocycles. The van der Waals surface area contributed by atoms with Crippen LogP contribution in [0.1, 0.15) is 114 Å². The third kappa shape index (κ3) is 6.20. The zero-order valence-electron chi connectivity index (χ0n) is 35.8. The van der Waals surface area contributed by atoms with Crippen molar-refractivity contribution in [2.45, 2.75) is 47.7 Å². The van der Waals surface area contributed by atoms with Crippen molar-refractivity contribution in [1.82, 2.24) is 0 Å². The lowest BCUT2D eigenvalue weighted by atomic mass is 9.62. The van der Waals surface area contributed by atoms with Gasteiger partial charge in [0.05, 0.1) is 11.8 Å². The Morgan fingerprint density at radius 3 is 0.897 bits per heavy atom. The third-order valence-electron chi connectivity index (χ3n) is 14.5. The summed E-state index contributed by atoms with van der Waals surface area (Å²) < 4.78 is 13.7. The van der Waals surface area contributed by atoms with E-state index in [1.807, 2.05) is 0 Å². The Hall–Kier alpha value is -8.64. The van der Waals surface area contributed by atoms with Gasteiger partial charge in [0.15, 0.2) is 0 Å². The normalized spacial score (nSPS) is 22.6. The van der Waals surface area contributed by atoms with Crippen LogP contribution < -0.4 is 9.47 Å². The van der Waals surface area contributed by atoms with Crippen LogP contribution in [0.25, 0.3) is 0 Å². The molecule has 12 heteroatoms. The van der Waals surface area contributed by atoms with E-state index in [1.54, 1.807) is 121 Å². The maximum absolute atomic E-state index is 12.5. The lowest BCUT2D eigenvalue weighted by Gasteiger charge is -2.40. The second-order valence-corrected chi connectivity index (χ2v) is 18.2. The van der Waals surface area contributed by atoms with Crippen LogP contribution in [0.2, 0.25) is 0 Å². The summed E-state index contributed by atoms with van der Waals surface area (Å²) in [5, 5.41) is 114. The maximum atomic E-state index is 12.5. The molecule has 0 bridgehead atoms. The monoisotopic (exact) mass is 906 g/mol. The second kappa shape index (κ2) is 14.9. The van der Waals surface area contributed by atoms with Crippen LogP contribution in [-0.4, -0.2) is 51.1 Å². The summed E-state index contributed by atoms with van der Waals surface area (Å²) in [6.07, 6.45) is -1.62. The van der Waals surface area contributed by atoms with Crippen molar-refractivity contribution in [2.24, 2.45) is 0 Å². The highest BCUT2D eigenvalue weighted by Crippen LogP contribution is 2.69. The van der Waals surface area contributed by atoms with Crippen molar-refractivity contribution >= 4 is 0 Å². The summed E-state index contributed by atoms with van der Waals surface area (Å²) in [4.78, 5) is 0. The van der Waals surface area contributed by atoms with Crippen molar-refractivity contribution in [3.8, 4) is 69.0 Å². The van der Waals surface area contributed by atoms with Crippen molar-refractivity contribution in [3.63, 3.8) is 0 Å². The van der Waals surface area contributed by atoms with Gasteiger partial charge in [-0.2, -0.15) is 0 Å². The third-order valence-corrected chi connectivity index (χ3v) is 14.5. The molecule has 2 aliphatic carbocycles. The standard InChI is InChI=1S/C56H42O12/c57-29-9-1-25(2-10-29)45-47-37(17-33(61)21-41(47)65)53-49-39(19-35(63)23-43(49)67-55(53)27-5-13-31(59)14-6-27)51(45)52-40-20-36(64)24-44-50(40)54(56(68-44)28-7-15-32(60)16-8-28)38-18-34(62)22-42(66)48(38)46(52)26-3-11-30(58)12-4-26/h1-24,45-46,51-66H/t45-,46+,51-,52+,53?,54?,55+,56-. The van der Waals surface area contributed by atoms with Crippen molar-refractivity contribution in [1.29, 1.82) is 0 Å². The van der Waals surface area contributed by atoms with Crippen LogP contribution in [0.4, 0.5) is 0 Å². The molecule has 8 aromatic carbocycles. The van der Waals surface area contributed by atoms with Gasteiger partial charge in [0.2, 0.25) is 0 Å². The van der Waals surface area contributed by atoms with E-state index in [0.717, 1.165) is 0 Å². The fraction of sp³-hybridized carbons (Fsp3) is 0.143. The summed E-state index contributed by atoms with van der Waals surface area (Å²) in [6.45, 7) is 0. The number of fused-ring (bicyclic) bond motifs is 4. The average molecular weight is 907 g/mol. The summed E-state index contributed by atoms with van der Waals surface area (Å²) in [5.41, 5.74) is 6.75. The molecule has 10 N–H and O–H groups in total. The molecule has 0 saturated carbocycles. The van der Waals surface area contributed by atoms with Gasteiger partial charge < -0.3 is 60.5 Å². The van der Waals surface area contributed by atoms with E-state index in [-0.39, 0.29) is 57.5 Å². The van der Waals surface area contributed by atoms with E-state index in [0.29, 0.717) is 78.3 Å². The predicted octanol–water partition coefficient (Wildman–Crippen LogP) is 10.4. The lowest BCUT2D eigenvalue weighted by molar-refractivity contribution is 0.221. The van der Waals surface area contributed by atoms with Crippen LogP contribution in [0, 0.1) is 0 Å². The minimum atomic E-state index is -0.918. The first-order chi connectivity index (χ1) is 32.8. The predicted molar refractivity (Wildman–Crippen MR) is 248 cm³/mol. The minimum absolute atomic E-state index is 0.0182. The molecular weight excluding hydrogens is 865 g/mol. The Kier molecular flexibility index (Phi) is 8.97. The molecule has 8 aromatic rings. The maximum Gasteiger partial charge on any atom is 0.135 e. The van der Waals surface area contributed by atoms with Crippen LogP contribution in [0.15, 0.2) is 146 Å². The highest BCUT2D eigenvalue weighted by atomic mass is 16.5. The SMILES string of the molecule is Oc1ccc([C@@H]2c3c(O)cc(O)cc3C3c4c(cc(O)cc4[C@H]2[C@H]2c4cc(O)cc5c4C(c4cc(O)cc(O)c4[C@@H]2c2ccc(O)cc2)[C@@H](c2ccc(O)cc2)O5)O[C@H]3c2ccc(O)cc2)cc1. The molecule has 68 heavy (non-hydrogen) atoms. The Morgan fingerprint density at radius 1 is 0.265 bits per heavy atom. The smallest absolute Gasteiger partial charge is 0.135 e. The molecule has 0 amide bonds. The molecule has 0 radical (unpaired) electrons. The molecule has 0 fully saturated rings. The van der Waals surface area contributed by atoms with Gasteiger partial charge in [0, 0.05) is 70.2 Å². The molecule has 338 valence electrons. The molecule has 0 aromatic heterocycles.